The van der Waals surface area contributed by atoms with E-state index in [1.807, 2.05) is 30.3 Å². The summed E-state index contributed by atoms with van der Waals surface area (Å²) in [5, 5.41) is 7.89. The van der Waals surface area contributed by atoms with Crippen LogP contribution >= 0.6 is 11.8 Å². The molecule has 0 aromatic heterocycles. The molecule has 2 aromatic rings. The molecule has 7 nitrogen and oxygen atoms in total. The predicted octanol–water partition coefficient (Wildman–Crippen LogP) is 1.70. The van der Waals surface area contributed by atoms with Gasteiger partial charge in [-0.15, -0.1) is 11.8 Å². The molecule has 0 bridgehead atoms. The van der Waals surface area contributed by atoms with Crippen LogP contribution in [0.2, 0.25) is 0 Å². The number of hydrogen-bond donors (Lipinski definition) is 4. The van der Waals surface area contributed by atoms with E-state index in [0.29, 0.717) is 12.2 Å². The van der Waals surface area contributed by atoms with Gasteiger partial charge in [-0.25, -0.2) is 4.79 Å². The maximum atomic E-state index is 12.0. The first-order chi connectivity index (χ1) is 12.5. The molecule has 4 amide bonds. The summed E-state index contributed by atoms with van der Waals surface area (Å²) in [7, 11) is 0. The highest BCUT2D eigenvalue weighted by Gasteiger charge is 2.09. The fraction of sp³-hybridized carbons (Fsp3) is 0.167. The number of carbonyl (C=O) groups excluding carboxylic acids is 3. The van der Waals surface area contributed by atoms with Crippen molar-refractivity contribution in [2.24, 2.45) is 5.73 Å². The van der Waals surface area contributed by atoms with Crippen LogP contribution in [-0.4, -0.2) is 30.1 Å². The molecule has 0 fully saturated rings. The molecule has 0 spiro atoms. The number of primary amides is 1. The fourth-order valence-corrected chi connectivity index (χ4v) is 2.79. The van der Waals surface area contributed by atoms with Crippen LogP contribution in [-0.2, 0) is 16.1 Å². The normalized spacial score (nSPS) is 10.0. The molecule has 0 aliphatic rings. The van der Waals surface area contributed by atoms with E-state index in [-0.39, 0.29) is 18.2 Å². The van der Waals surface area contributed by atoms with Gasteiger partial charge >= 0.3 is 6.03 Å². The standard InChI is InChI=1S/C18H20N4O3S/c19-16(23)12-26-15-9-5-4-8-14(15)22-17(24)11-21-18(25)20-10-13-6-2-1-3-7-13/h1-9H,10-12H2,(H2,19,23)(H,22,24)(H2,20,21,25). The number of amides is 4. The third-order valence-corrected chi connectivity index (χ3v) is 4.33. The second-order valence-electron chi connectivity index (χ2n) is 5.32. The second-order valence-corrected chi connectivity index (χ2v) is 6.34. The molecule has 2 rings (SSSR count). The maximum Gasteiger partial charge on any atom is 0.315 e. The topological polar surface area (TPSA) is 113 Å². The summed E-state index contributed by atoms with van der Waals surface area (Å²) in [5.74, 6) is -0.688. The third kappa shape index (κ3) is 6.86. The predicted molar refractivity (Wildman–Crippen MR) is 102 cm³/mol. The summed E-state index contributed by atoms with van der Waals surface area (Å²) < 4.78 is 0. The Morgan fingerprint density at radius 2 is 1.62 bits per heavy atom. The van der Waals surface area contributed by atoms with E-state index < -0.39 is 11.9 Å². The number of hydrogen-bond acceptors (Lipinski definition) is 4. The molecular formula is C18H20N4O3S. The minimum Gasteiger partial charge on any atom is -0.369 e. The van der Waals surface area contributed by atoms with Gasteiger partial charge in [-0.1, -0.05) is 42.5 Å². The van der Waals surface area contributed by atoms with Crippen LogP contribution in [0.15, 0.2) is 59.5 Å². The highest BCUT2D eigenvalue weighted by molar-refractivity contribution is 8.00. The van der Waals surface area contributed by atoms with Gasteiger partial charge in [-0.3, -0.25) is 9.59 Å². The molecule has 0 atom stereocenters. The number of urea groups is 1. The summed E-state index contributed by atoms with van der Waals surface area (Å²) in [5.41, 5.74) is 6.67. The Morgan fingerprint density at radius 3 is 2.35 bits per heavy atom. The minimum atomic E-state index is -0.437. The van der Waals surface area contributed by atoms with E-state index in [2.05, 4.69) is 16.0 Å². The number of nitrogens with one attached hydrogen (secondary N) is 3. The smallest absolute Gasteiger partial charge is 0.315 e. The minimum absolute atomic E-state index is 0.118. The highest BCUT2D eigenvalue weighted by atomic mass is 32.2. The highest BCUT2D eigenvalue weighted by Crippen LogP contribution is 2.26. The first-order valence-electron chi connectivity index (χ1n) is 7.90. The molecule has 0 heterocycles. The van der Waals surface area contributed by atoms with E-state index in [0.717, 1.165) is 10.5 Å². The number of carbonyl (C=O) groups is 3. The first kappa shape index (κ1) is 19.3. The van der Waals surface area contributed by atoms with E-state index >= 15 is 0 Å². The van der Waals surface area contributed by atoms with Gasteiger partial charge in [-0.05, 0) is 17.7 Å². The molecule has 8 heteroatoms. The lowest BCUT2D eigenvalue weighted by Crippen LogP contribution is -2.39. The molecule has 136 valence electrons. The van der Waals surface area contributed by atoms with Gasteiger partial charge in [0, 0.05) is 11.4 Å². The van der Waals surface area contributed by atoms with Crippen LogP contribution in [0.5, 0.6) is 0 Å². The van der Waals surface area contributed by atoms with Crippen molar-refractivity contribution in [1.82, 2.24) is 10.6 Å². The van der Waals surface area contributed by atoms with Gasteiger partial charge < -0.3 is 21.7 Å². The lowest BCUT2D eigenvalue weighted by molar-refractivity contribution is -0.116. The van der Waals surface area contributed by atoms with E-state index in [1.165, 1.54) is 11.8 Å². The number of thioether (sulfide) groups is 1. The molecular weight excluding hydrogens is 352 g/mol. The SMILES string of the molecule is NC(=O)CSc1ccccc1NC(=O)CNC(=O)NCc1ccccc1. The van der Waals surface area contributed by atoms with Crippen molar-refractivity contribution in [2.45, 2.75) is 11.4 Å². The van der Waals surface area contributed by atoms with Crippen LogP contribution in [0, 0.1) is 0 Å². The average Bonchev–Trinajstić information content (AvgIpc) is 2.65. The zero-order valence-corrected chi connectivity index (χ0v) is 14.8. The molecule has 2 aromatic carbocycles. The van der Waals surface area contributed by atoms with Crippen molar-refractivity contribution >= 4 is 35.3 Å². The summed E-state index contributed by atoms with van der Waals surface area (Å²) in [6.45, 7) is 0.205. The number of para-hydroxylation sites is 1. The Hall–Kier alpha value is -3.00. The molecule has 5 N–H and O–H groups in total. The van der Waals surface area contributed by atoms with E-state index in [4.69, 9.17) is 5.73 Å². The van der Waals surface area contributed by atoms with Gasteiger partial charge in [0.05, 0.1) is 18.0 Å². The zero-order valence-electron chi connectivity index (χ0n) is 14.0. The summed E-state index contributed by atoms with van der Waals surface area (Å²) in [6, 6.07) is 16.1. The lowest BCUT2D eigenvalue weighted by Gasteiger charge is -2.11. The van der Waals surface area contributed by atoms with Gasteiger partial charge in [0.2, 0.25) is 11.8 Å². The van der Waals surface area contributed by atoms with Crippen molar-refractivity contribution in [3.05, 3.63) is 60.2 Å². The Morgan fingerprint density at radius 1 is 0.923 bits per heavy atom. The third-order valence-electron chi connectivity index (χ3n) is 3.24. The van der Waals surface area contributed by atoms with Gasteiger partial charge in [0.25, 0.3) is 0 Å². The Labute approximate surface area is 155 Å². The van der Waals surface area contributed by atoms with Crippen LogP contribution in [0.4, 0.5) is 10.5 Å². The summed E-state index contributed by atoms with van der Waals surface area (Å²) >= 11 is 1.24. The number of benzene rings is 2. The number of rotatable bonds is 8. The van der Waals surface area contributed by atoms with Crippen LogP contribution < -0.4 is 21.7 Å². The molecule has 0 unspecified atom stereocenters. The zero-order chi connectivity index (χ0) is 18.8. The van der Waals surface area contributed by atoms with E-state index in [1.54, 1.807) is 24.3 Å². The molecule has 0 aliphatic carbocycles. The maximum absolute atomic E-state index is 12.0. The van der Waals surface area contributed by atoms with Crippen LogP contribution in [0.1, 0.15) is 5.56 Å². The molecule has 0 aliphatic heterocycles. The van der Waals surface area contributed by atoms with Crippen molar-refractivity contribution in [2.75, 3.05) is 17.6 Å². The quantitative estimate of drug-likeness (QED) is 0.528. The second kappa shape index (κ2) is 10.1. The number of anilines is 1. The monoisotopic (exact) mass is 372 g/mol. The van der Waals surface area contributed by atoms with Crippen molar-refractivity contribution in [3.8, 4) is 0 Å². The average molecular weight is 372 g/mol. The van der Waals surface area contributed by atoms with Gasteiger partial charge in [-0.2, -0.15) is 0 Å². The fourth-order valence-electron chi connectivity index (χ4n) is 2.04. The Balaban J connectivity index is 1.78. The number of nitrogens with two attached hydrogens (primary N) is 1. The largest absolute Gasteiger partial charge is 0.369 e. The summed E-state index contributed by atoms with van der Waals surface area (Å²) in [4.78, 5) is 35.4. The van der Waals surface area contributed by atoms with Crippen LogP contribution in [0.3, 0.4) is 0 Å². The van der Waals surface area contributed by atoms with Crippen molar-refractivity contribution in [3.63, 3.8) is 0 Å². The molecule has 0 saturated heterocycles. The van der Waals surface area contributed by atoms with E-state index in [9.17, 15) is 14.4 Å². The lowest BCUT2D eigenvalue weighted by atomic mass is 10.2. The van der Waals surface area contributed by atoms with Crippen molar-refractivity contribution < 1.29 is 14.4 Å². The molecule has 0 saturated carbocycles. The first-order valence-corrected chi connectivity index (χ1v) is 8.89. The Bertz CT molecular complexity index is 768. The van der Waals surface area contributed by atoms with Gasteiger partial charge in [0.15, 0.2) is 0 Å². The van der Waals surface area contributed by atoms with Crippen LogP contribution in [0.25, 0.3) is 0 Å². The van der Waals surface area contributed by atoms with Gasteiger partial charge in [0.1, 0.15) is 0 Å². The Kier molecular flexibility index (Phi) is 7.50. The summed E-state index contributed by atoms with van der Waals surface area (Å²) in [6.07, 6.45) is 0. The van der Waals surface area contributed by atoms with Crippen molar-refractivity contribution in [1.29, 1.82) is 0 Å². The molecule has 26 heavy (non-hydrogen) atoms. The molecule has 0 radical (unpaired) electrons.